The summed E-state index contributed by atoms with van der Waals surface area (Å²) in [5.74, 6) is -0.625. The van der Waals surface area contributed by atoms with Crippen molar-refractivity contribution in [1.82, 2.24) is 5.32 Å². The lowest BCUT2D eigenvalue weighted by Gasteiger charge is -2.19. The van der Waals surface area contributed by atoms with Gasteiger partial charge in [-0.1, -0.05) is 54.1 Å². The number of sulfone groups is 1. The molecule has 0 radical (unpaired) electrons. The summed E-state index contributed by atoms with van der Waals surface area (Å²) in [5, 5.41) is 13.2. The standard InChI is InChI=1S/C25H27NO5S/c1-3-31-25(28)23(26-17-19-7-5-4-6-8-19)15-20-11-12-21(27)16-24(20)32(29,30)22-13-9-18(2)10-14-22/h4-14,16,23,26-27H,3,15,17H2,1-2H3/t23-/m0/s1. The van der Waals surface area contributed by atoms with Crippen LogP contribution < -0.4 is 5.32 Å². The van der Waals surface area contributed by atoms with E-state index >= 15 is 0 Å². The zero-order chi connectivity index (χ0) is 23.1. The van der Waals surface area contributed by atoms with E-state index in [1.165, 1.54) is 30.3 Å². The van der Waals surface area contributed by atoms with Crippen LogP contribution in [-0.2, 0) is 32.3 Å². The van der Waals surface area contributed by atoms with Crippen molar-refractivity contribution >= 4 is 15.8 Å². The van der Waals surface area contributed by atoms with Crippen LogP contribution in [0.15, 0.2) is 82.6 Å². The van der Waals surface area contributed by atoms with E-state index in [2.05, 4.69) is 5.32 Å². The molecular weight excluding hydrogens is 426 g/mol. The van der Waals surface area contributed by atoms with Gasteiger partial charge in [-0.05, 0) is 55.7 Å². The van der Waals surface area contributed by atoms with Gasteiger partial charge in [-0.25, -0.2) is 8.42 Å². The number of phenolic OH excluding ortho intramolecular Hbond substituents is 1. The number of aromatic hydroxyl groups is 1. The zero-order valence-corrected chi connectivity index (χ0v) is 18.9. The van der Waals surface area contributed by atoms with E-state index in [1.807, 2.05) is 37.3 Å². The van der Waals surface area contributed by atoms with Gasteiger partial charge < -0.3 is 15.2 Å². The molecule has 0 aliphatic rings. The SMILES string of the molecule is CCOC(=O)[C@H](Cc1ccc(O)cc1S(=O)(=O)c1ccc(C)cc1)NCc1ccccc1. The Hall–Kier alpha value is -3.16. The Morgan fingerprint density at radius 1 is 1.03 bits per heavy atom. The lowest BCUT2D eigenvalue weighted by molar-refractivity contribution is -0.145. The van der Waals surface area contributed by atoms with E-state index in [4.69, 9.17) is 4.74 Å². The molecule has 0 amide bonds. The van der Waals surface area contributed by atoms with Gasteiger partial charge in [0.1, 0.15) is 11.8 Å². The second kappa shape index (κ2) is 10.4. The number of carbonyl (C=O) groups is 1. The average Bonchev–Trinajstić information content (AvgIpc) is 2.78. The summed E-state index contributed by atoms with van der Waals surface area (Å²) in [7, 11) is -3.90. The van der Waals surface area contributed by atoms with Crippen molar-refractivity contribution in [2.75, 3.05) is 6.61 Å². The first kappa shape index (κ1) is 23.5. The fourth-order valence-electron chi connectivity index (χ4n) is 3.34. The fraction of sp³-hybridized carbons (Fsp3) is 0.240. The molecule has 7 heteroatoms. The third-order valence-corrected chi connectivity index (χ3v) is 6.91. The molecule has 3 aromatic rings. The summed E-state index contributed by atoms with van der Waals surface area (Å²) in [6.07, 6.45) is 0.0897. The predicted molar refractivity (Wildman–Crippen MR) is 122 cm³/mol. The predicted octanol–water partition coefficient (Wildman–Crippen LogP) is 3.80. The minimum Gasteiger partial charge on any atom is -0.508 e. The number of ether oxygens (including phenoxy) is 1. The first-order valence-corrected chi connectivity index (χ1v) is 11.9. The molecule has 0 unspecified atom stereocenters. The molecule has 0 aliphatic heterocycles. The van der Waals surface area contributed by atoms with Crippen LogP contribution in [0.25, 0.3) is 0 Å². The van der Waals surface area contributed by atoms with Crippen molar-refractivity contribution in [1.29, 1.82) is 0 Å². The topological polar surface area (TPSA) is 92.7 Å². The number of hydrogen-bond acceptors (Lipinski definition) is 6. The van der Waals surface area contributed by atoms with Crippen LogP contribution in [0.5, 0.6) is 5.75 Å². The summed E-state index contributed by atoms with van der Waals surface area (Å²) in [6.45, 7) is 4.23. The molecule has 3 rings (SSSR count). The summed E-state index contributed by atoms with van der Waals surface area (Å²) >= 11 is 0. The molecule has 32 heavy (non-hydrogen) atoms. The van der Waals surface area contributed by atoms with Crippen LogP contribution in [-0.4, -0.2) is 32.1 Å². The van der Waals surface area contributed by atoms with Crippen LogP contribution in [0.1, 0.15) is 23.6 Å². The van der Waals surface area contributed by atoms with Crippen LogP contribution >= 0.6 is 0 Å². The van der Waals surface area contributed by atoms with Crippen LogP contribution in [0.4, 0.5) is 0 Å². The molecule has 2 N–H and O–H groups in total. The Balaban J connectivity index is 1.94. The molecule has 3 aromatic carbocycles. The van der Waals surface area contributed by atoms with E-state index in [0.29, 0.717) is 12.1 Å². The van der Waals surface area contributed by atoms with Gasteiger partial charge in [0.2, 0.25) is 9.84 Å². The highest BCUT2D eigenvalue weighted by atomic mass is 32.2. The first-order chi connectivity index (χ1) is 15.3. The minimum absolute atomic E-state index is 0.0304. The Bertz CT molecular complexity index is 1160. The monoisotopic (exact) mass is 453 g/mol. The lowest BCUT2D eigenvalue weighted by Crippen LogP contribution is -2.39. The van der Waals surface area contributed by atoms with E-state index < -0.39 is 21.8 Å². The van der Waals surface area contributed by atoms with Gasteiger partial charge in [0.25, 0.3) is 0 Å². The van der Waals surface area contributed by atoms with Gasteiger partial charge >= 0.3 is 5.97 Å². The number of carbonyl (C=O) groups excluding carboxylic acids is 1. The molecule has 168 valence electrons. The maximum Gasteiger partial charge on any atom is 0.323 e. The highest BCUT2D eigenvalue weighted by molar-refractivity contribution is 7.91. The van der Waals surface area contributed by atoms with Gasteiger partial charge in [-0.15, -0.1) is 0 Å². The third-order valence-electron chi connectivity index (χ3n) is 5.06. The summed E-state index contributed by atoms with van der Waals surface area (Å²) < 4.78 is 31.9. The van der Waals surface area contributed by atoms with Gasteiger partial charge in [0.05, 0.1) is 16.4 Å². The molecule has 6 nitrogen and oxygen atoms in total. The number of esters is 1. The largest absolute Gasteiger partial charge is 0.508 e. The number of phenols is 1. The molecule has 0 bridgehead atoms. The molecule has 0 heterocycles. The number of rotatable bonds is 9. The summed E-state index contributed by atoms with van der Waals surface area (Å²) in [4.78, 5) is 12.7. The Morgan fingerprint density at radius 3 is 2.38 bits per heavy atom. The fourth-order valence-corrected chi connectivity index (χ4v) is 4.87. The summed E-state index contributed by atoms with van der Waals surface area (Å²) in [5.41, 5.74) is 2.34. The molecule has 0 fully saturated rings. The van der Waals surface area contributed by atoms with Gasteiger partial charge in [-0.3, -0.25) is 4.79 Å². The molecule has 0 saturated heterocycles. The smallest absolute Gasteiger partial charge is 0.323 e. The van der Waals surface area contributed by atoms with E-state index in [0.717, 1.165) is 11.1 Å². The molecule has 0 aromatic heterocycles. The van der Waals surface area contributed by atoms with Crippen molar-refractivity contribution < 1.29 is 23.1 Å². The Morgan fingerprint density at radius 2 is 1.72 bits per heavy atom. The second-order valence-corrected chi connectivity index (χ2v) is 9.40. The maximum absolute atomic E-state index is 13.3. The van der Waals surface area contributed by atoms with Crippen LogP contribution in [0, 0.1) is 6.92 Å². The normalized spacial score (nSPS) is 12.3. The molecular formula is C25H27NO5S. The highest BCUT2D eigenvalue weighted by Gasteiger charge is 2.26. The van der Waals surface area contributed by atoms with Crippen LogP contribution in [0.2, 0.25) is 0 Å². The van der Waals surface area contributed by atoms with Gasteiger partial charge in [-0.2, -0.15) is 0 Å². The van der Waals surface area contributed by atoms with E-state index in [-0.39, 0.29) is 28.6 Å². The molecule has 0 saturated carbocycles. The number of benzene rings is 3. The van der Waals surface area contributed by atoms with Crippen molar-refractivity contribution in [2.24, 2.45) is 0 Å². The average molecular weight is 454 g/mol. The zero-order valence-electron chi connectivity index (χ0n) is 18.1. The van der Waals surface area contributed by atoms with E-state index in [1.54, 1.807) is 19.1 Å². The van der Waals surface area contributed by atoms with Crippen molar-refractivity contribution in [3.63, 3.8) is 0 Å². The van der Waals surface area contributed by atoms with Gasteiger partial charge in [0, 0.05) is 6.54 Å². The third kappa shape index (κ3) is 5.75. The van der Waals surface area contributed by atoms with Gasteiger partial charge in [0.15, 0.2) is 0 Å². The lowest BCUT2D eigenvalue weighted by atomic mass is 10.0. The Labute approximate surface area is 188 Å². The molecule has 0 aliphatic carbocycles. The van der Waals surface area contributed by atoms with Crippen molar-refractivity contribution in [3.8, 4) is 5.75 Å². The first-order valence-electron chi connectivity index (χ1n) is 10.4. The second-order valence-electron chi connectivity index (χ2n) is 7.48. The highest BCUT2D eigenvalue weighted by Crippen LogP contribution is 2.29. The maximum atomic E-state index is 13.3. The number of hydrogen-bond donors (Lipinski definition) is 2. The number of nitrogens with one attached hydrogen (secondary N) is 1. The Kier molecular flexibility index (Phi) is 7.66. The van der Waals surface area contributed by atoms with Crippen LogP contribution in [0.3, 0.4) is 0 Å². The minimum atomic E-state index is -3.90. The quantitative estimate of drug-likeness (QED) is 0.479. The van der Waals surface area contributed by atoms with Crippen molar-refractivity contribution in [2.45, 2.75) is 42.6 Å². The van der Waals surface area contributed by atoms with Crippen molar-refractivity contribution in [3.05, 3.63) is 89.5 Å². The number of aryl methyl sites for hydroxylation is 1. The van der Waals surface area contributed by atoms with E-state index in [9.17, 15) is 18.3 Å². The molecule has 1 atom stereocenters. The molecule has 0 spiro atoms. The summed E-state index contributed by atoms with van der Waals surface area (Å²) in [6, 6.07) is 19.5.